The number of amides is 1. The average molecular weight is 340 g/mol. The van der Waals surface area contributed by atoms with Crippen LogP contribution in [0.3, 0.4) is 0 Å². The number of hydrogen-bond acceptors (Lipinski definition) is 3. The molecule has 1 aliphatic heterocycles. The molecule has 1 aromatic carbocycles. The summed E-state index contributed by atoms with van der Waals surface area (Å²) in [6.07, 6.45) is 2.89. The molecule has 0 radical (unpaired) electrons. The number of anilines is 1. The molecule has 6 nitrogen and oxygen atoms in total. The Labute approximate surface area is 147 Å². The molecule has 1 saturated heterocycles. The maximum Gasteiger partial charge on any atom is 0.229 e. The minimum Gasteiger partial charge on any atom is -0.469 e. The van der Waals surface area contributed by atoms with Crippen LogP contribution in [0, 0.1) is 0 Å². The largest absolute Gasteiger partial charge is 0.469 e. The Hall–Kier alpha value is -2.76. The number of guanidine groups is 1. The molecule has 2 heterocycles. The maximum atomic E-state index is 12.3. The van der Waals surface area contributed by atoms with Gasteiger partial charge in [0.15, 0.2) is 5.96 Å². The van der Waals surface area contributed by atoms with Gasteiger partial charge in [-0.05, 0) is 31.2 Å². The summed E-state index contributed by atoms with van der Waals surface area (Å²) in [6.45, 7) is 4.08. The third kappa shape index (κ3) is 4.62. The summed E-state index contributed by atoms with van der Waals surface area (Å²) in [7, 11) is 0. The number of para-hydroxylation sites is 1. The van der Waals surface area contributed by atoms with Gasteiger partial charge in [0, 0.05) is 38.2 Å². The molecule has 0 bridgehead atoms. The van der Waals surface area contributed by atoms with Crippen LogP contribution in [0.1, 0.15) is 19.1 Å². The first-order valence-electron chi connectivity index (χ1n) is 8.69. The van der Waals surface area contributed by atoms with Crippen LogP contribution in [0.2, 0.25) is 0 Å². The van der Waals surface area contributed by atoms with Gasteiger partial charge in [-0.2, -0.15) is 0 Å². The predicted molar refractivity (Wildman–Crippen MR) is 98.7 cm³/mol. The van der Waals surface area contributed by atoms with E-state index in [1.807, 2.05) is 54.3 Å². The molecule has 1 amide bonds. The van der Waals surface area contributed by atoms with Crippen LogP contribution in [0.5, 0.6) is 0 Å². The van der Waals surface area contributed by atoms with Gasteiger partial charge < -0.3 is 20.0 Å². The van der Waals surface area contributed by atoms with E-state index in [-0.39, 0.29) is 11.9 Å². The Kier molecular flexibility index (Phi) is 5.72. The van der Waals surface area contributed by atoms with Crippen molar-refractivity contribution in [2.75, 3.05) is 24.5 Å². The summed E-state index contributed by atoms with van der Waals surface area (Å²) < 4.78 is 5.32. The number of rotatable bonds is 6. The molecule has 2 N–H and O–H groups in total. The van der Waals surface area contributed by atoms with E-state index in [2.05, 4.69) is 15.6 Å². The van der Waals surface area contributed by atoms with E-state index in [4.69, 9.17) is 4.42 Å². The van der Waals surface area contributed by atoms with Crippen molar-refractivity contribution in [3.05, 3.63) is 54.5 Å². The van der Waals surface area contributed by atoms with Crippen molar-refractivity contribution in [1.82, 2.24) is 10.6 Å². The highest BCUT2D eigenvalue weighted by Crippen LogP contribution is 2.20. The second-order valence-electron chi connectivity index (χ2n) is 5.98. The summed E-state index contributed by atoms with van der Waals surface area (Å²) >= 11 is 0. The Morgan fingerprint density at radius 1 is 1.28 bits per heavy atom. The molecule has 3 rings (SSSR count). The Morgan fingerprint density at radius 3 is 2.84 bits per heavy atom. The highest BCUT2D eigenvalue weighted by molar-refractivity contribution is 5.97. The van der Waals surface area contributed by atoms with Gasteiger partial charge in [0.25, 0.3) is 0 Å². The van der Waals surface area contributed by atoms with Crippen LogP contribution >= 0.6 is 0 Å². The molecule has 1 fully saturated rings. The van der Waals surface area contributed by atoms with Crippen molar-refractivity contribution in [2.45, 2.75) is 25.8 Å². The molecule has 1 aromatic heterocycles. The third-order valence-corrected chi connectivity index (χ3v) is 4.09. The number of nitrogens with zero attached hydrogens (tertiary/aromatic N) is 2. The number of benzene rings is 1. The normalized spacial score (nSPS) is 17.8. The van der Waals surface area contributed by atoms with Gasteiger partial charge in [-0.3, -0.25) is 9.79 Å². The number of nitrogens with one attached hydrogen (secondary N) is 2. The molecular weight excluding hydrogens is 316 g/mol. The zero-order valence-corrected chi connectivity index (χ0v) is 14.4. The molecule has 1 atom stereocenters. The monoisotopic (exact) mass is 340 g/mol. The summed E-state index contributed by atoms with van der Waals surface area (Å²) in [5, 5.41) is 6.61. The van der Waals surface area contributed by atoms with Gasteiger partial charge in [0.2, 0.25) is 5.91 Å². The van der Waals surface area contributed by atoms with E-state index in [1.165, 1.54) is 0 Å². The average Bonchev–Trinajstić information content (AvgIpc) is 3.25. The SMILES string of the molecule is CCNC(=NCCc1ccco1)NC1CC(=O)N(c2ccccc2)C1. The fraction of sp³-hybridized carbons (Fsp3) is 0.368. The molecule has 1 aliphatic rings. The summed E-state index contributed by atoms with van der Waals surface area (Å²) in [6, 6.07) is 13.6. The lowest BCUT2D eigenvalue weighted by Gasteiger charge is -2.19. The Bertz CT molecular complexity index is 697. The van der Waals surface area contributed by atoms with Crippen molar-refractivity contribution in [3.63, 3.8) is 0 Å². The zero-order chi connectivity index (χ0) is 17.5. The standard InChI is InChI=1S/C19H24N4O2/c1-2-20-19(21-11-10-17-9-6-12-25-17)22-15-13-18(24)23(14-15)16-7-4-3-5-8-16/h3-9,12,15H,2,10-11,13-14H2,1H3,(H2,20,21,22). The van der Waals surface area contributed by atoms with Crippen molar-refractivity contribution in [1.29, 1.82) is 0 Å². The van der Waals surface area contributed by atoms with Crippen LogP contribution in [0.15, 0.2) is 58.1 Å². The summed E-state index contributed by atoms with van der Waals surface area (Å²) in [5.74, 6) is 1.79. The van der Waals surface area contributed by atoms with Crippen LogP contribution in [0.25, 0.3) is 0 Å². The highest BCUT2D eigenvalue weighted by Gasteiger charge is 2.30. The van der Waals surface area contributed by atoms with Gasteiger partial charge in [0.1, 0.15) is 5.76 Å². The first kappa shape index (κ1) is 17.1. The van der Waals surface area contributed by atoms with E-state index in [0.717, 1.165) is 30.4 Å². The minimum absolute atomic E-state index is 0.0501. The molecule has 0 aliphatic carbocycles. The quantitative estimate of drug-likeness (QED) is 0.625. The van der Waals surface area contributed by atoms with Crippen molar-refractivity contribution in [3.8, 4) is 0 Å². The minimum atomic E-state index is 0.0501. The number of hydrogen-bond donors (Lipinski definition) is 2. The van der Waals surface area contributed by atoms with E-state index >= 15 is 0 Å². The number of furan rings is 1. The Balaban J connectivity index is 1.57. The van der Waals surface area contributed by atoms with Crippen molar-refractivity contribution >= 4 is 17.6 Å². The maximum absolute atomic E-state index is 12.3. The molecule has 132 valence electrons. The molecular formula is C19H24N4O2. The van der Waals surface area contributed by atoms with Crippen molar-refractivity contribution < 1.29 is 9.21 Å². The predicted octanol–water partition coefficient (Wildman–Crippen LogP) is 2.18. The smallest absolute Gasteiger partial charge is 0.229 e. The first-order valence-corrected chi connectivity index (χ1v) is 8.69. The van der Waals surface area contributed by atoms with E-state index in [9.17, 15) is 4.79 Å². The summed E-state index contributed by atoms with van der Waals surface area (Å²) in [4.78, 5) is 18.7. The molecule has 6 heteroatoms. The molecule has 0 saturated carbocycles. The van der Waals surface area contributed by atoms with Crippen LogP contribution in [0.4, 0.5) is 5.69 Å². The third-order valence-electron chi connectivity index (χ3n) is 4.09. The lowest BCUT2D eigenvalue weighted by atomic mass is 10.2. The Morgan fingerprint density at radius 2 is 2.12 bits per heavy atom. The molecule has 2 aromatic rings. The van der Waals surface area contributed by atoms with E-state index in [0.29, 0.717) is 19.5 Å². The molecule has 25 heavy (non-hydrogen) atoms. The highest BCUT2D eigenvalue weighted by atomic mass is 16.3. The second-order valence-corrected chi connectivity index (χ2v) is 5.98. The second kappa shape index (κ2) is 8.37. The fourth-order valence-electron chi connectivity index (χ4n) is 2.91. The lowest BCUT2D eigenvalue weighted by Crippen LogP contribution is -2.44. The van der Waals surface area contributed by atoms with E-state index in [1.54, 1.807) is 6.26 Å². The topological polar surface area (TPSA) is 69.9 Å². The molecule has 1 unspecified atom stereocenters. The van der Waals surface area contributed by atoms with Gasteiger partial charge in [0.05, 0.1) is 12.3 Å². The number of aliphatic imine (C=N–C) groups is 1. The van der Waals surface area contributed by atoms with Gasteiger partial charge in [-0.15, -0.1) is 0 Å². The first-order chi connectivity index (χ1) is 12.3. The van der Waals surface area contributed by atoms with Gasteiger partial charge in [-0.25, -0.2) is 0 Å². The van der Waals surface area contributed by atoms with Gasteiger partial charge >= 0.3 is 0 Å². The summed E-state index contributed by atoms with van der Waals surface area (Å²) in [5.41, 5.74) is 0.941. The number of carbonyl (C=O) groups is 1. The molecule has 0 spiro atoms. The van der Waals surface area contributed by atoms with Crippen LogP contribution < -0.4 is 15.5 Å². The van der Waals surface area contributed by atoms with Crippen LogP contribution in [-0.4, -0.2) is 37.5 Å². The van der Waals surface area contributed by atoms with Crippen LogP contribution in [-0.2, 0) is 11.2 Å². The van der Waals surface area contributed by atoms with Gasteiger partial charge in [-0.1, -0.05) is 18.2 Å². The van der Waals surface area contributed by atoms with E-state index < -0.39 is 0 Å². The van der Waals surface area contributed by atoms with Crippen molar-refractivity contribution in [2.24, 2.45) is 4.99 Å². The zero-order valence-electron chi connectivity index (χ0n) is 14.4. The lowest BCUT2D eigenvalue weighted by molar-refractivity contribution is -0.117. The number of carbonyl (C=O) groups excluding carboxylic acids is 1. The fourth-order valence-corrected chi connectivity index (χ4v) is 2.91.